The molecular formula is C15H17BrN2O2S. The van der Waals surface area contributed by atoms with E-state index in [1.54, 1.807) is 24.3 Å². The molecule has 0 heterocycles. The predicted octanol–water partition coefficient (Wildman–Crippen LogP) is 3.76. The zero-order valence-electron chi connectivity index (χ0n) is 12.1. The monoisotopic (exact) mass is 368 g/mol. The number of halogens is 1. The Morgan fingerprint density at radius 1 is 1.00 bits per heavy atom. The predicted molar refractivity (Wildman–Crippen MR) is 90.0 cm³/mol. The molecule has 4 nitrogen and oxygen atoms in total. The number of benzene rings is 2. The lowest BCUT2D eigenvalue weighted by Crippen LogP contribution is -2.16. The number of nitrogens with two attached hydrogens (primary N) is 1. The third kappa shape index (κ3) is 3.39. The van der Waals surface area contributed by atoms with Crippen molar-refractivity contribution in [3.8, 4) is 0 Å². The molecule has 0 aliphatic rings. The van der Waals surface area contributed by atoms with Crippen molar-refractivity contribution < 1.29 is 8.42 Å². The largest absolute Gasteiger partial charge is 0.398 e. The number of hydrogen-bond donors (Lipinski definition) is 2. The number of sulfonamides is 1. The fourth-order valence-corrected chi connectivity index (χ4v) is 3.79. The van der Waals surface area contributed by atoms with Gasteiger partial charge >= 0.3 is 0 Å². The number of nitrogen functional groups attached to an aromatic ring is 1. The van der Waals surface area contributed by atoms with Crippen molar-refractivity contribution in [2.24, 2.45) is 0 Å². The summed E-state index contributed by atoms with van der Waals surface area (Å²) in [4.78, 5) is 0.105. The number of nitrogens with one attached hydrogen (secondary N) is 1. The molecule has 0 aromatic heterocycles. The molecule has 0 saturated carbocycles. The first-order chi connectivity index (χ1) is 9.70. The number of rotatable bonds is 3. The summed E-state index contributed by atoms with van der Waals surface area (Å²) in [6.07, 6.45) is 0. The van der Waals surface area contributed by atoms with Gasteiger partial charge in [0.2, 0.25) is 0 Å². The Kier molecular flexibility index (Phi) is 4.30. The van der Waals surface area contributed by atoms with Gasteiger partial charge in [-0.1, -0.05) is 15.9 Å². The number of aryl methyl sites for hydroxylation is 3. The zero-order chi connectivity index (χ0) is 15.8. The topological polar surface area (TPSA) is 72.2 Å². The molecule has 21 heavy (non-hydrogen) atoms. The first kappa shape index (κ1) is 15.9. The van der Waals surface area contributed by atoms with E-state index in [2.05, 4.69) is 20.7 Å². The van der Waals surface area contributed by atoms with E-state index in [0.29, 0.717) is 5.69 Å². The second-order valence-electron chi connectivity index (χ2n) is 5.04. The summed E-state index contributed by atoms with van der Waals surface area (Å²) in [5.41, 5.74) is 9.33. The van der Waals surface area contributed by atoms with Crippen molar-refractivity contribution in [3.63, 3.8) is 0 Å². The molecule has 0 aliphatic heterocycles. The first-order valence-electron chi connectivity index (χ1n) is 6.36. The van der Waals surface area contributed by atoms with Crippen LogP contribution in [0.15, 0.2) is 39.7 Å². The van der Waals surface area contributed by atoms with Crippen molar-refractivity contribution >= 4 is 37.3 Å². The van der Waals surface area contributed by atoms with Crippen molar-refractivity contribution in [1.82, 2.24) is 0 Å². The van der Waals surface area contributed by atoms with Crippen LogP contribution in [0, 0.1) is 20.8 Å². The molecule has 0 saturated heterocycles. The van der Waals surface area contributed by atoms with E-state index < -0.39 is 10.0 Å². The van der Waals surface area contributed by atoms with Crippen LogP contribution in [0.5, 0.6) is 0 Å². The first-order valence-corrected chi connectivity index (χ1v) is 8.64. The van der Waals surface area contributed by atoms with Crippen LogP contribution < -0.4 is 10.5 Å². The molecule has 0 aliphatic carbocycles. The molecule has 6 heteroatoms. The Bertz CT molecular complexity index is 802. The summed E-state index contributed by atoms with van der Waals surface area (Å²) in [6.45, 7) is 5.60. The lowest BCUT2D eigenvalue weighted by atomic mass is 10.1. The third-order valence-corrected chi connectivity index (χ3v) is 5.26. The van der Waals surface area contributed by atoms with E-state index >= 15 is 0 Å². The minimum absolute atomic E-state index is 0.105. The molecule has 0 bridgehead atoms. The van der Waals surface area contributed by atoms with Gasteiger partial charge in [-0.3, -0.25) is 4.72 Å². The van der Waals surface area contributed by atoms with Gasteiger partial charge in [-0.25, -0.2) is 8.42 Å². The Balaban J connectivity index is 2.46. The zero-order valence-corrected chi connectivity index (χ0v) is 14.5. The summed E-state index contributed by atoms with van der Waals surface area (Å²) in [6, 6.07) is 8.63. The van der Waals surface area contributed by atoms with Crippen LogP contribution in [-0.4, -0.2) is 8.42 Å². The minimum atomic E-state index is -3.71. The highest BCUT2D eigenvalue weighted by Gasteiger charge is 2.19. The van der Waals surface area contributed by atoms with Gasteiger partial charge in [-0.2, -0.15) is 0 Å². The summed E-state index contributed by atoms with van der Waals surface area (Å²) in [7, 11) is -3.71. The molecular weight excluding hydrogens is 352 g/mol. The number of anilines is 2. The molecule has 2 rings (SSSR count). The van der Waals surface area contributed by atoms with E-state index in [4.69, 9.17) is 5.73 Å². The van der Waals surface area contributed by atoms with Crippen molar-refractivity contribution in [2.45, 2.75) is 25.7 Å². The highest BCUT2D eigenvalue weighted by molar-refractivity contribution is 9.10. The molecule has 0 unspecified atom stereocenters. The maximum Gasteiger partial charge on any atom is 0.263 e. The summed E-state index contributed by atoms with van der Waals surface area (Å²) in [5, 5.41) is 0. The van der Waals surface area contributed by atoms with Gasteiger partial charge in [0.25, 0.3) is 10.0 Å². The van der Waals surface area contributed by atoms with Gasteiger partial charge < -0.3 is 5.73 Å². The smallest absolute Gasteiger partial charge is 0.263 e. The van der Waals surface area contributed by atoms with Gasteiger partial charge in [0.05, 0.1) is 11.4 Å². The highest BCUT2D eigenvalue weighted by atomic mass is 79.9. The molecule has 0 fully saturated rings. The third-order valence-electron chi connectivity index (χ3n) is 3.35. The Morgan fingerprint density at radius 3 is 2.24 bits per heavy atom. The van der Waals surface area contributed by atoms with Crippen LogP contribution in [0.25, 0.3) is 0 Å². The van der Waals surface area contributed by atoms with Crippen molar-refractivity contribution in [3.05, 3.63) is 51.5 Å². The maximum atomic E-state index is 12.5. The maximum absolute atomic E-state index is 12.5. The van der Waals surface area contributed by atoms with Crippen LogP contribution in [0.2, 0.25) is 0 Å². The lowest BCUT2D eigenvalue weighted by Gasteiger charge is -2.14. The molecule has 2 aromatic rings. The molecule has 2 aromatic carbocycles. The molecule has 0 spiro atoms. The standard InChI is InChI=1S/C15H17BrN2O2S/c1-9-7-13(17)15(8-10(9)2)21(19,20)18-14-5-4-12(16)6-11(14)3/h4-8,18H,17H2,1-3H3. The minimum Gasteiger partial charge on any atom is -0.398 e. The van der Waals surface area contributed by atoms with Crippen LogP contribution >= 0.6 is 15.9 Å². The fourth-order valence-electron chi connectivity index (χ4n) is 1.99. The van der Waals surface area contributed by atoms with Gasteiger partial charge in [0.1, 0.15) is 4.90 Å². The van der Waals surface area contributed by atoms with Gasteiger partial charge in [-0.05, 0) is 67.8 Å². The molecule has 112 valence electrons. The Hall–Kier alpha value is -1.53. The average Bonchev–Trinajstić information content (AvgIpc) is 2.37. The second kappa shape index (κ2) is 5.69. The summed E-state index contributed by atoms with van der Waals surface area (Å²) in [5.74, 6) is 0. The SMILES string of the molecule is Cc1cc(N)c(S(=O)(=O)Nc2ccc(Br)cc2C)cc1C. The Labute approximate surface area is 133 Å². The Morgan fingerprint density at radius 2 is 1.62 bits per heavy atom. The second-order valence-corrected chi connectivity index (χ2v) is 7.61. The van der Waals surface area contributed by atoms with Crippen LogP contribution in [0.3, 0.4) is 0 Å². The molecule has 3 N–H and O–H groups in total. The van der Waals surface area contributed by atoms with E-state index in [9.17, 15) is 8.42 Å². The van der Waals surface area contributed by atoms with E-state index in [0.717, 1.165) is 21.2 Å². The average molecular weight is 369 g/mol. The lowest BCUT2D eigenvalue weighted by molar-refractivity contribution is 0.601. The van der Waals surface area contributed by atoms with Crippen LogP contribution in [-0.2, 0) is 10.0 Å². The van der Waals surface area contributed by atoms with E-state index in [-0.39, 0.29) is 10.6 Å². The van der Waals surface area contributed by atoms with Crippen molar-refractivity contribution in [1.29, 1.82) is 0 Å². The normalized spacial score (nSPS) is 11.4. The quantitative estimate of drug-likeness (QED) is 0.810. The van der Waals surface area contributed by atoms with E-state index in [1.165, 1.54) is 0 Å². The van der Waals surface area contributed by atoms with Crippen LogP contribution in [0.4, 0.5) is 11.4 Å². The van der Waals surface area contributed by atoms with Gasteiger partial charge in [0.15, 0.2) is 0 Å². The van der Waals surface area contributed by atoms with E-state index in [1.807, 2.05) is 26.8 Å². The number of hydrogen-bond acceptors (Lipinski definition) is 3. The summed E-state index contributed by atoms with van der Waals surface area (Å²) < 4.78 is 28.5. The van der Waals surface area contributed by atoms with Gasteiger partial charge in [-0.15, -0.1) is 0 Å². The van der Waals surface area contributed by atoms with Crippen LogP contribution in [0.1, 0.15) is 16.7 Å². The highest BCUT2D eigenvalue weighted by Crippen LogP contribution is 2.27. The summed E-state index contributed by atoms with van der Waals surface area (Å²) >= 11 is 3.35. The van der Waals surface area contributed by atoms with Gasteiger partial charge in [0, 0.05) is 4.47 Å². The molecule has 0 radical (unpaired) electrons. The fraction of sp³-hybridized carbons (Fsp3) is 0.200. The molecule has 0 amide bonds. The van der Waals surface area contributed by atoms with Crippen molar-refractivity contribution in [2.75, 3.05) is 10.5 Å². The molecule has 0 atom stereocenters.